The lowest BCUT2D eigenvalue weighted by Crippen LogP contribution is -2.26. The van der Waals surface area contributed by atoms with E-state index in [1.807, 2.05) is 16.9 Å². The molecule has 0 bridgehead atoms. The summed E-state index contributed by atoms with van der Waals surface area (Å²) in [6.45, 7) is 4.19. The van der Waals surface area contributed by atoms with Crippen molar-refractivity contribution in [2.24, 2.45) is 0 Å². The van der Waals surface area contributed by atoms with E-state index >= 15 is 0 Å². The quantitative estimate of drug-likeness (QED) is 0.679. The van der Waals surface area contributed by atoms with Crippen LogP contribution in [0.4, 0.5) is 0 Å². The predicted molar refractivity (Wildman–Crippen MR) is 63.7 cm³/mol. The fraction of sp³-hybridized carbons (Fsp3) is 0.667. The molecule has 1 heterocycles. The molecule has 0 saturated carbocycles. The first kappa shape index (κ1) is 13.9. The van der Waals surface area contributed by atoms with Crippen LogP contribution in [0.25, 0.3) is 0 Å². The molecule has 0 amide bonds. The summed E-state index contributed by atoms with van der Waals surface area (Å²) in [7, 11) is 2.90. The van der Waals surface area contributed by atoms with Gasteiger partial charge in [-0.25, -0.2) is 0 Å². The van der Waals surface area contributed by atoms with Crippen LogP contribution in [0.1, 0.15) is 32.0 Å². The van der Waals surface area contributed by atoms with Gasteiger partial charge in [0.15, 0.2) is 5.78 Å². The number of hydrogen-bond acceptors (Lipinski definition) is 4. The molecule has 0 aliphatic carbocycles. The highest BCUT2D eigenvalue weighted by Crippen LogP contribution is 2.10. The average molecular weight is 240 g/mol. The summed E-state index contributed by atoms with van der Waals surface area (Å²) >= 11 is 0. The maximum absolute atomic E-state index is 11.7. The number of aromatic nitrogens is 2. The van der Waals surface area contributed by atoms with Crippen molar-refractivity contribution in [2.45, 2.75) is 39.0 Å². The Balaban J connectivity index is 2.63. The van der Waals surface area contributed by atoms with Crippen LogP contribution in [0, 0.1) is 0 Å². The topological polar surface area (TPSA) is 53.4 Å². The largest absolute Gasteiger partial charge is 0.349 e. The highest BCUT2D eigenvalue weighted by atomic mass is 16.7. The van der Waals surface area contributed by atoms with Gasteiger partial charge in [0.1, 0.15) is 0 Å². The molecule has 96 valence electrons. The monoisotopic (exact) mass is 240 g/mol. The standard InChI is InChI=1S/C12H20N2O3/c1-5-9(2)14-7-6-10(13-14)8-11(15)12(16-3)17-4/h6-7,9,12H,5,8H2,1-4H3. The van der Waals surface area contributed by atoms with Gasteiger partial charge in [-0.15, -0.1) is 0 Å². The molecular weight excluding hydrogens is 220 g/mol. The minimum atomic E-state index is -0.802. The molecule has 1 atom stereocenters. The third kappa shape index (κ3) is 3.64. The number of carbonyl (C=O) groups is 1. The van der Waals surface area contributed by atoms with Crippen LogP contribution in [-0.4, -0.2) is 36.1 Å². The summed E-state index contributed by atoms with van der Waals surface area (Å²) in [5.74, 6) is -0.121. The normalized spacial score (nSPS) is 13.0. The van der Waals surface area contributed by atoms with Gasteiger partial charge >= 0.3 is 0 Å². The molecule has 1 rings (SSSR count). The minimum absolute atomic E-state index is 0.121. The van der Waals surface area contributed by atoms with Crippen molar-refractivity contribution in [3.63, 3.8) is 0 Å². The molecule has 0 saturated heterocycles. The van der Waals surface area contributed by atoms with E-state index < -0.39 is 6.29 Å². The first-order valence-corrected chi connectivity index (χ1v) is 5.74. The van der Waals surface area contributed by atoms with Crippen molar-refractivity contribution in [3.05, 3.63) is 18.0 Å². The van der Waals surface area contributed by atoms with Crippen LogP contribution in [0.3, 0.4) is 0 Å². The molecule has 5 nitrogen and oxygen atoms in total. The van der Waals surface area contributed by atoms with Gasteiger partial charge in [0.25, 0.3) is 0 Å². The number of Topliss-reactive ketones (excluding diaryl/α,β-unsaturated/α-hetero) is 1. The van der Waals surface area contributed by atoms with Crippen molar-refractivity contribution >= 4 is 5.78 Å². The van der Waals surface area contributed by atoms with Gasteiger partial charge in [0, 0.05) is 26.5 Å². The minimum Gasteiger partial charge on any atom is -0.349 e. The van der Waals surface area contributed by atoms with Crippen molar-refractivity contribution in [2.75, 3.05) is 14.2 Å². The smallest absolute Gasteiger partial charge is 0.217 e. The second-order valence-corrected chi connectivity index (χ2v) is 3.99. The van der Waals surface area contributed by atoms with Crippen LogP contribution in [-0.2, 0) is 20.7 Å². The van der Waals surface area contributed by atoms with E-state index in [9.17, 15) is 4.79 Å². The number of ketones is 1. The van der Waals surface area contributed by atoms with Crippen LogP contribution in [0.2, 0.25) is 0 Å². The predicted octanol–water partition coefficient (Wildman–Crippen LogP) is 1.58. The summed E-state index contributed by atoms with van der Waals surface area (Å²) in [5, 5.41) is 4.36. The van der Waals surface area contributed by atoms with Gasteiger partial charge in [-0.05, 0) is 19.4 Å². The van der Waals surface area contributed by atoms with E-state index in [1.54, 1.807) is 0 Å². The van der Waals surface area contributed by atoms with Crippen molar-refractivity contribution in [1.29, 1.82) is 0 Å². The van der Waals surface area contributed by atoms with Gasteiger partial charge in [0.05, 0.1) is 12.1 Å². The molecule has 1 unspecified atom stereocenters. The molecule has 0 radical (unpaired) electrons. The van der Waals surface area contributed by atoms with E-state index in [1.165, 1.54) is 14.2 Å². The first-order chi connectivity index (χ1) is 8.12. The Morgan fingerprint density at radius 1 is 1.47 bits per heavy atom. The van der Waals surface area contributed by atoms with Gasteiger partial charge in [-0.2, -0.15) is 5.10 Å². The van der Waals surface area contributed by atoms with Gasteiger partial charge in [-0.1, -0.05) is 6.92 Å². The van der Waals surface area contributed by atoms with Crippen molar-refractivity contribution in [1.82, 2.24) is 9.78 Å². The molecule has 17 heavy (non-hydrogen) atoms. The zero-order chi connectivity index (χ0) is 12.8. The van der Waals surface area contributed by atoms with E-state index in [0.717, 1.165) is 12.1 Å². The van der Waals surface area contributed by atoms with Crippen LogP contribution in [0.15, 0.2) is 12.3 Å². The lowest BCUT2D eigenvalue weighted by Gasteiger charge is -2.11. The Bertz CT molecular complexity index is 358. The van der Waals surface area contributed by atoms with Gasteiger partial charge < -0.3 is 9.47 Å². The maximum Gasteiger partial charge on any atom is 0.217 e. The SMILES string of the molecule is CCC(C)n1ccc(CC(=O)C(OC)OC)n1. The van der Waals surface area contributed by atoms with E-state index in [-0.39, 0.29) is 12.2 Å². The summed E-state index contributed by atoms with van der Waals surface area (Å²) in [6.07, 6.45) is 2.33. The molecule has 0 spiro atoms. The Morgan fingerprint density at radius 3 is 2.65 bits per heavy atom. The van der Waals surface area contributed by atoms with Crippen LogP contribution in [0.5, 0.6) is 0 Å². The van der Waals surface area contributed by atoms with Crippen LogP contribution >= 0.6 is 0 Å². The zero-order valence-corrected chi connectivity index (χ0v) is 10.8. The van der Waals surface area contributed by atoms with Crippen LogP contribution < -0.4 is 0 Å². The number of methoxy groups -OCH3 is 2. The molecule has 0 aromatic carbocycles. The molecule has 0 aliphatic heterocycles. The number of carbonyl (C=O) groups excluding carboxylic acids is 1. The zero-order valence-electron chi connectivity index (χ0n) is 10.8. The van der Waals surface area contributed by atoms with E-state index in [2.05, 4.69) is 18.9 Å². The third-order valence-corrected chi connectivity index (χ3v) is 2.75. The summed E-state index contributed by atoms with van der Waals surface area (Å²) in [5.41, 5.74) is 0.745. The number of rotatable bonds is 7. The second kappa shape index (κ2) is 6.51. The third-order valence-electron chi connectivity index (χ3n) is 2.75. The molecule has 5 heteroatoms. The number of nitrogens with zero attached hydrogens (tertiary/aromatic N) is 2. The molecule has 0 fully saturated rings. The van der Waals surface area contributed by atoms with E-state index in [0.29, 0.717) is 6.04 Å². The van der Waals surface area contributed by atoms with Gasteiger partial charge in [0.2, 0.25) is 6.29 Å². The Morgan fingerprint density at radius 2 is 2.12 bits per heavy atom. The molecule has 1 aromatic rings. The highest BCUT2D eigenvalue weighted by molar-refractivity contribution is 5.83. The average Bonchev–Trinajstić information content (AvgIpc) is 2.78. The fourth-order valence-corrected chi connectivity index (χ4v) is 1.53. The fourth-order valence-electron chi connectivity index (χ4n) is 1.53. The second-order valence-electron chi connectivity index (χ2n) is 3.99. The maximum atomic E-state index is 11.7. The number of ether oxygens (including phenoxy) is 2. The molecule has 1 aromatic heterocycles. The van der Waals surface area contributed by atoms with Crippen molar-refractivity contribution in [3.8, 4) is 0 Å². The summed E-state index contributed by atoms with van der Waals surface area (Å²) in [6, 6.07) is 2.20. The summed E-state index contributed by atoms with van der Waals surface area (Å²) in [4.78, 5) is 11.7. The lowest BCUT2D eigenvalue weighted by atomic mass is 10.2. The Kier molecular flexibility index (Phi) is 5.31. The molecular formula is C12H20N2O3. The van der Waals surface area contributed by atoms with Crippen molar-refractivity contribution < 1.29 is 14.3 Å². The highest BCUT2D eigenvalue weighted by Gasteiger charge is 2.18. The lowest BCUT2D eigenvalue weighted by molar-refractivity contribution is -0.156. The molecule has 0 N–H and O–H groups in total. The first-order valence-electron chi connectivity index (χ1n) is 5.74. The van der Waals surface area contributed by atoms with E-state index in [4.69, 9.17) is 9.47 Å². The van der Waals surface area contributed by atoms with Gasteiger partial charge in [-0.3, -0.25) is 9.48 Å². The number of hydrogen-bond donors (Lipinski definition) is 0. The summed E-state index contributed by atoms with van der Waals surface area (Å²) < 4.78 is 11.7. The Hall–Kier alpha value is -1.20. The Labute approximate surface area is 102 Å². The molecule has 0 aliphatic rings.